The zero-order chi connectivity index (χ0) is 13.8. The predicted octanol–water partition coefficient (Wildman–Crippen LogP) is 4.69. The highest BCUT2D eigenvalue weighted by atomic mass is 79.9. The van der Waals surface area contributed by atoms with Crippen LogP contribution in [-0.2, 0) is 0 Å². The fraction of sp³-hybridized carbons (Fsp3) is 0.625. The fourth-order valence-electron chi connectivity index (χ4n) is 2.59. The Morgan fingerprint density at radius 1 is 1.42 bits per heavy atom. The first kappa shape index (κ1) is 14.9. The van der Waals surface area contributed by atoms with Crippen molar-refractivity contribution in [1.82, 2.24) is 5.32 Å². The minimum absolute atomic E-state index is 0.321. The van der Waals surface area contributed by atoms with E-state index >= 15 is 0 Å². The molecule has 19 heavy (non-hydrogen) atoms. The Bertz CT molecular complexity index is 421. The summed E-state index contributed by atoms with van der Waals surface area (Å²) in [5.41, 5.74) is 1.30. The number of hydrogen-bond donors (Lipinski definition) is 1. The van der Waals surface area contributed by atoms with Gasteiger partial charge in [0.15, 0.2) is 0 Å². The van der Waals surface area contributed by atoms with Crippen LogP contribution in [0.5, 0.6) is 5.75 Å². The minimum Gasteiger partial charge on any atom is -0.490 e. The lowest BCUT2D eigenvalue weighted by Gasteiger charge is -2.35. The third-order valence-corrected chi connectivity index (χ3v) is 4.51. The van der Waals surface area contributed by atoms with Gasteiger partial charge in [-0.3, -0.25) is 0 Å². The molecule has 0 aromatic heterocycles. The lowest BCUT2D eigenvalue weighted by atomic mass is 9.89. The van der Waals surface area contributed by atoms with Crippen LogP contribution in [0.4, 0.5) is 0 Å². The molecule has 3 atom stereocenters. The molecule has 0 saturated carbocycles. The van der Waals surface area contributed by atoms with Crippen molar-refractivity contribution in [1.29, 1.82) is 0 Å². The van der Waals surface area contributed by atoms with Gasteiger partial charge in [-0.15, -0.1) is 0 Å². The SMILES string of the molecule is CCCNC1CC(C(C)CC)Oc2cc(Br)ccc21. The van der Waals surface area contributed by atoms with E-state index in [1.165, 1.54) is 5.56 Å². The standard InChI is InChI=1S/C16H24BrNO/c1-4-8-18-14-10-15(11(3)5-2)19-16-9-12(17)6-7-13(14)16/h6-7,9,11,14-15,18H,4-5,8,10H2,1-3H3. The van der Waals surface area contributed by atoms with E-state index in [1.807, 2.05) is 0 Å². The van der Waals surface area contributed by atoms with Gasteiger partial charge in [-0.1, -0.05) is 49.2 Å². The molecule has 1 aliphatic rings. The number of halogens is 1. The average molecular weight is 326 g/mol. The molecule has 3 unspecified atom stereocenters. The summed E-state index contributed by atoms with van der Waals surface area (Å²) >= 11 is 3.54. The maximum atomic E-state index is 6.21. The van der Waals surface area contributed by atoms with E-state index in [0.717, 1.165) is 36.0 Å². The monoisotopic (exact) mass is 325 g/mol. The maximum Gasteiger partial charge on any atom is 0.125 e. The highest BCUT2D eigenvalue weighted by Gasteiger charge is 2.30. The van der Waals surface area contributed by atoms with Crippen molar-refractivity contribution in [3.05, 3.63) is 28.2 Å². The van der Waals surface area contributed by atoms with Gasteiger partial charge < -0.3 is 10.1 Å². The first-order chi connectivity index (χ1) is 9.15. The van der Waals surface area contributed by atoms with Crippen LogP contribution in [0.3, 0.4) is 0 Å². The average Bonchev–Trinajstić information content (AvgIpc) is 2.43. The van der Waals surface area contributed by atoms with Crippen molar-refractivity contribution < 1.29 is 4.74 Å². The molecule has 0 amide bonds. The van der Waals surface area contributed by atoms with Crippen molar-refractivity contribution in [2.75, 3.05) is 6.54 Å². The van der Waals surface area contributed by atoms with Crippen molar-refractivity contribution in [3.8, 4) is 5.75 Å². The van der Waals surface area contributed by atoms with E-state index in [9.17, 15) is 0 Å². The molecule has 1 N–H and O–H groups in total. The first-order valence-corrected chi connectivity index (χ1v) is 8.14. The second-order valence-electron chi connectivity index (χ2n) is 5.47. The molecular formula is C16H24BrNO. The molecule has 1 aromatic carbocycles. The van der Waals surface area contributed by atoms with E-state index in [0.29, 0.717) is 18.1 Å². The second kappa shape index (κ2) is 6.76. The topological polar surface area (TPSA) is 21.3 Å². The fourth-order valence-corrected chi connectivity index (χ4v) is 2.93. The molecular weight excluding hydrogens is 302 g/mol. The van der Waals surface area contributed by atoms with E-state index < -0.39 is 0 Å². The van der Waals surface area contributed by atoms with Gasteiger partial charge in [0.2, 0.25) is 0 Å². The Morgan fingerprint density at radius 2 is 2.21 bits per heavy atom. The van der Waals surface area contributed by atoms with Crippen LogP contribution < -0.4 is 10.1 Å². The summed E-state index contributed by atoms with van der Waals surface area (Å²) in [6.07, 6.45) is 3.72. The Morgan fingerprint density at radius 3 is 2.89 bits per heavy atom. The lowest BCUT2D eigenvalue weighted by Crippen LogP contribution is -2.36. The van der Waals surface area contributed by atoms with Crippen molar-refractivity contribution in [2.45, 2.75) is 52.2 Å². The zero-order valence-corrected chi connectivity index (χ0v) is 13.7. The predicted molar refractivity (Wildman–Crippen MR) is 83.7 cm³/mol. The molecule has 1 heterocycles. The maximum absolute atomic E-state index is 6.21. The smallest absolute Gasteiger partial charge is 0.125 e. The third kappa shape index (κ3) is 3.51. The third-order valence-electron chi connectivity index (χ3n) is 4.02. The second-order valence-corrected chi connectivity index (χ2v) is 6.38. The summed E-state index contributed by atoms with van der Waals surface area (Å²) in [6.45, 7) is 7.79. The minimum atomic E-state index is 0.321. The van der Waals surface area contributed by atoms with Gasteiger partial charge >= 0.3 is 0 Å². The van der Waals surface area contributed by atoms with Gasteiger partial charge in [-0.25, -0.2) is 0 Å². The Hall–Kier alpha value is -0.540. The van der Waals surface area contributed by atoms with Crippen LogP contribution in [0, 0.1) is 5.92 Å². The summed E-state index contributed by atoms with van der Waals surface area (Å²) in [5, 5.41) is 3.66. The summed E-state index contributed by atoms with van der Waals surface area (Å²) in [5.74, 6) is 1.64. The normalized spacial score (nSPS) is 23.6. The summed E-state index contributed by atoms with van der Waals surface area (Å²) in [6, 6.07) is 6.81. The Kier molecular flexibility index (Phi) is 5.28. The molecule has 3 heteroatoms. The van der Waals surface area contributed by atoms with E-state index in [1.54, 1.807) is 0 Å². The summed E-state index contributed by atoms with van der Waals surface area (Å²) < 4.78 is 7.29. The highest BCUT2D eigenvalue weighted by molar-refractivity contribution is 9.10. The Balaban J connectivity index is 2.23. The molecule has 1 aliphatic heterocycles. The molecule has 0 bridgehead atoms. The number of rotatable bonds is 5. The summed E-state index contributed by atoms with van der Waals surface area (Å²) in [7, 11) is 0. The van der Waals surface area contributed by atoms with Crippen LogP contribution >= 0.6 is 15.9 Å². The van der Waals surface area contributed by atoms with Gasteiger partial charge in [-0.05, 0) is 31.0 Å². The van der Waals surface area contributed by atoms with Crippen LogP contribution in [0.2, 0.25) is 0 Å². The summed E-state index contributed by atoms with van der Waals surface area (Å²) in [4.78, 5) is 0. The van der Waals surface area contributed by atoms with Gasteiger partial charge in [0.1, 0.15) is 11.9 Å². The first-order valence-electron chi connectivity index (χ1n) is 7.35. The van der Waals surface area contributed by atoms with Crippen LogP contribution in [0.25, 0.3) is 0 Å². The molecule has 106 valence electrons. The van der Waals surface area contributed by atoms with Gasteiger partial charge in [0, 0.05) is 22.5 Å². The molecule has 0 fully saturated rings. The van der Waals surface area contributed by atoms with Crippen LogP contribution in [0.1, 0.15) is 51.6 Å². The lowest BCUT2D eigenvalue weighted by molar-refractivity contribution is 0.0979. The van der Waals surface area contributed by atoms with Crippen molar-refractivity contribution in [3.63, 3.8) is 0 Å². The number of hydrogen-bond acceptors (Lipinski definition) is 2. The molecule has 2 rings (SSSR count). The highest BCUT2D eigenvalue weighted by Crippen LogP contribution is 2.38. The van der Waals surface area contributed by atoms with E-state index in [4.69, 9.17) is 4.74 Å². The van der Waals surface area contributed by atoms with E-state index in [-0.39, 0.29) is 0 Å². The molecule has 1 aromatic rings. The van der Waals surface area contributed by atoms with Gasteiger partial charge in [-0.2, -0.15) is 0 Å². The van der Waals surface area contributed by atoms with Crippen LogP contribution in [0.15, 0.2) is 22.7 Å². The van der Waals surface area contributed by atoms with Crippen molar-refractivity contribution >= 4 is 15.9 Å². The molecule has 0 spiro atoms. The molecule has 0 radical (unpaired) electrons. The Labute approximate surface area is 125 Å². The van der Waals surface area contributed by atoms with Crippen molar-refractivity contribution in [2.24, 2.45) is 5.92 Å². The number of fused-ring (bicyclic) bond motifs is 1. The number of benzene rings is 1. The largest absolute Gasteiger partial charge is 0.490 e. The van der Waals surface area contributed by atoms with Gasteiger partial charge in [0.25, 0.3) is 0 Å². The number of ether oxygens (including phenoxy) is 1. The number of nitrogens with one attached hydrogen (secondary N) is 1. The zero-order valence-electron chi connectivity index (χ0n) is 12.1. The molecule has 0 aliphatic carbocycles. The quantitative estimate of drug-likeness (QED) is 0.848. The van der Waals surface area contributed by atoms with E-state index in [2.05, 4.69) is 60.2 Å². The van der Waals surface area contributed by atoms with Crippen LogP contribution in [-0.4, -0.2) is 12.6 Å². The molecule has 0 saturated heterocycles. The molecule has 2 nitrogen and oxygen atoms in total. The van der Waals surface area contributed by atoms with Gasteiger partial charge in [0.05, 0.1) is 0 Å².